The first-order chi connectivity index (χ1) is 6.79. The van der Waals surface area contributed by atoms with Gasteiger partial charge in [-0.1, -0.05) is 18.1 Å². The average Bonchev–Trinajstić information content (AvgIpc) is 3.02. The predicted molar refractivity (Wildman–Crippen MR) is 58.8 cm³/mol. The monoisotopic (exact) mass is 185 g/mol. The topological polar surface area (TPSA) is 26.0 Å². The summed E-state index contributed by atoms with van der Waals surface area (Å²) in [6.45, 7) is 0. The molecule has 1 saturated carbocycles. The zero-order valence-electron chi connectivity index (χ0n) is 8.24. The summed E-state index contributed by atoms with van der Waals surface area (Å²) in [7, 11) is 0. The molecule has 72 valence electrons. The maximum atomic E-state index is 6.04. The molecular weight excluding hydrogens is 170 g/mol. The molecular formula is C13H15N. The Bertz CT molecular complexity index is 340. The van der Waals surface area contributed by atoms with Crippen molar-refractivity contribution in [1.82, 2.24) is 0 Å². The van der Waals surface area contributed by atoms with Gasteiger partial charge >= 0.3 is 0 Å². The molecule has 1 fully saturated rings. The first kappa shape index (κ1) is 9.30. The van der Waals surface area contributed by atoms with Crippen LogP contribution >= 0.6 is 0 Å². The maximum Gasteiger partial charge on any atom is 0.0242 e. The van der Waals surface area contributed by atoms with Crippen LogP contribution in [0.3, 0.4) is 0 Å². The van der Waals surface area contributed by atoms with Crippen molar-refractivity contribution in [3.05, 3.63) is 35.4 Å². The molecule has 1 unspecified atom stereocenters. The minimum atomic E-state index is 0.340. The Kier molecular flexibility index (Phi) is 2.56. The van der Waals surface area contributed by atoms with Gasteiger partial charge in [0, 0.05) is 11.6 Å². The molecule has 1 aromatic carbocycles. The molecule has 0 aliphatic heterocycles. The molecule has 1 atom stereocenters. The molecule has 0 spiro atoms. The molecule has 2 N–H and O–H groups in total. The van der Waals surface area contributed by atoms with E-state index in [-0.39, 0.29) is 0 Å². The molecule has 1 aromatic rings. The second-order valence-corrected chi connectivity index (χ2v) is 4.05. The van der Waals surface area contributed by atoms with Crippen molar-refractivity contribution in [3.8, 4) is 12.3 Å². The molecule has 0 heterocycles. The van der Waals surface area contributed by atoms with Gasteiger partial charge in [0.1, 0.15) is 0 Å². The van der Waals surface area contributed by atoms with E-state index in [2.05, 4.69) is 18.1 Å². The Balaban J connectivity index is 1.99. The standard InChI is InChI=1S/C13H15N/c1-2-10-3-5-11(6-4-10)9-13(14)12-7-8-12/h1,3-6,12-13H,7-9,14H2. The van der Waals surface area contributed by atoms with Crippen LogP contribution in [0.4, 0.5) is 0 Å². The van der Waals surface area contributed by atoms with Crippen molar-refractivity contribution in [3.63, 3.8) is 0 Å². The molecule has 14 heavy (non-hydrogen) atoms. The summed E-state index contributed by atoms with van der Waals surface area (Å²) < 4.78 is 0. The van der Waals surface area contributed by atoms with Crippen molar-refractivity contribution in [2.24, 2.45) is 11.7 Å². The van der Waals surface area contributed by atoms with Gasteiger partial charge in [0.25, 0.3) is 0 Å². The molecule has 1 aliphatic rings. The highest BCUT2D eigenvalue weighted by molar-refractivity contribution is 5.34. The van der Waals surface area contributed by atoms with E-state index in [0.717, 1.165) is 17.9 Å². The highest BCUT2D eigenvalue weighted by Gasteiger charge is 2.28. The van der Waals surface area contributed by atoms with E-state index in [4.69, 9.17) is 12.2 Å². The van der Waals surface area contributed by atoms with E-state index in [1.54, 1.807) is 0 Å². The smallest absolute Gasteiger partial charge is 0.0242 e. The number of rotatable bonds is 3. The predicted octanol–water partition coefficient (Wildman–Crippen LogP) is 1.95. The number of benzene rings is 1. The largest absolute Gasteiger partial charge is 0.327 e. The van der Waals surface area contributed by atoms with Crippen LogP contribution in [0.1, 0.15) is 24.0 Å². The summed E-state index contributed by atoms with van der Waals surface area (Å²) in [6.07, 6.45) is 8.88. The highest BCUT2D eigenvalue weighted by atomic mass is 14.7. The Morgan fingerprint density at radius 3 is 2.50 bits per heavy atom. The van der Waals surface area contributed by atoms with Gasteiger partial charge in [-0.15, -0.1) is 6.42 Å². The third-order valence-corrected chi connectivity index (χ3v) is 2.82. The Labute approximate surface area is 85.3 Å². The van der Waals surface area contributed by atoms with Gasteiger partial charge < -0.3 is 5.73 Å². The van der Waals surface area contributed by atoms with Gasteiger partial charge in [-0.3, -0.25) is 0 Å². The van der Waals surface area contributed by atoms with Gasteiger partial charge in [-0.2, -0.15) is 0 Å². The van der Waals surface area contributed by atoms with Crippen LogP contribution < -0.4 is 5.73 Å². The first-order valence-electron chi connectivity index (χ1n) is 5.11. The highest BCUT2D eigenvalue weighted by Crippen LogP contribution is 2.32. The zero-order chi connectivity index (χ0) is 9.97. The van der Waals surface area contributed by atoms with Crippen LogP contribution in [0.5, 0.6) is 0 Å². The number of nitrogens with two attached hydrogens (primary N) is 1. The van der Waals surface area contributed by atoms with Crippen LogP contribution in [0.2, 0.25) is 0 Å². The minimum Gasteiger partial charge on any atom is -0.327 e. The molecule has 1 nitrogen and oxygen atoms in total. The van der Waals surface area contributed by atoms with Crippen molar-refractivity contribution in [1.29, 1.82) is 0 Å². The summed E-state index contributed by atoms with van der Waals surface area (Å²) in [5.74, 6) is 3.38. The zero-order valence-corrected chi connectivity index (χ0v) is 8.24. The summed E-state index contributed by atoms with van der Waals surface area (Å²) in [5.41, 5.74) is 8.27. The van der Waals surface area contributed by atoms with Gasteiger partial charge in [0.15, 0.2) is 0 Å². The number of hydrogen-bond acceptors (Lipinski definition) is 1. The second-order valence-electron chi connectivity index (χ2n) is 4.05. The summed E-state index contributed by atoms with van der Waals surface area (Å²) in [4.78, 5) is 0. The van der Waals surface area contributed by atoms with Gasteiger partial charge in [0.05, 0.1) is 0 Å². The third-order valence-electron chi connectivity index (χ3n) is 2.82. The van der Waals surface area contributed by atoms with Crippen molar-refractivity contribution in [2.45, 2.75) is 25.3 Å². The normalized spacial score (nSPS) is 17.4. The van der Waals surface area contributed by atoms with E-state index < -0.39 is 0 Å². The molecule has 2 rings (SSSR count). The molecule has 0 radical (unpaired) electrons. The van der Waals surface area contributed by atoms with Crippen molar-refractivity contribution >= 4 is 0 Å². The summed E-state index contributed by atoms with van der Waals surface area (Å²) in [5, 5.41) is 0. The fraction of sp³-hybridized carbons (Fsp3) is 0.385. The van der Waals surface area contributed by atoms with Gasteiger partial charge in [0.2, 0.25) is 0 Å². The fourth-order valence-electron chi connectivity index (χ4n) is 1.70. The van der Waals surface area contributed by atoms with Crippen LogP contribution in [0.25, 0.3) is 0 Å². The first-order valence-corrected chi connectivity index (χ1v) is 5.11. The molecule has 1 heteroatoms. The van der Waals surface area contributed by atoms with E-state index in [9.17, 15) is 0 Å². The number of terminal acetylenes is 1. The fourth-order valence-corrected chi connectivity index (χ4v) is 1.70. The Morgan fingerprint density at radius 1 is 1.36 bits per heavy atom. The van der Waals surface area contributed by atoms with Gasteiger partial charge in [-0.05, 0) is 42.9 Å². The lowest BCUT2D eigenvalue weighted by molar-refractivity contribution is 0.592. The molecule has 0 amide bonds. The Hall–Kier alpha value is -1.26. The van der Waals surface area contributed by atoms with E-state index in [1.807, 2.05) is 12.1 Å². The second kappa shape index (κ2) is 3.86. The lowest BCUT2D eigenvalue weighted by atomic mass is 10.0. The quantitative estimate of drug-likeness (QED) is 0.716. The Morgan fingerprint density at radius 2 is 2.00 bits per heavy atom. The number of hydrogen-bond donors (Lipinski definition) is 1. The summed E-state index contributed by atoms with van der Waals surface area (Å²) in [6, 6.07) is 8.46. The van der Waals surface area contributed by atoms with Crippen LogP contribution in [0, 0.1) is 18.3 Å². The van der Waals surface area contributed by atoms with Crippen LogP contribution in [-0.4, -0.2) is 6.04 Å². The van der Waals surface area contributed by atoms with Gasteiger partial charge in [-0.25, -0.2) is 0 Å². The molecule has 0 aromatic heterocycles. The van der Waals surface area contributed by atoms with E-state index in [1.165, 1.54) is 18.4 Å². The minimum absolute atomic E-state index is 0.340. The van der Waals surface area contributed by atoms with Crippen molar-refractivity contribution < 1.29 is 0 Å². The molecule has 0 saturated heterocycles. The third kappa shape index (κ3) is 2.16. The average molecular weight is 185 g/mol. The molecule has 1 aliphatic carbocycles. The van der Waals surface area contributed by atoms with Crippen LogP contribution in [0.15, 0.2) is 24.3 Å². The SMILES string of the molecule is C#Cc1ccc(CC(N)C2CC2)cc1. The lowest BCUT2D eigenvalue weighted by Crippen LogP contribution is -2.24. The summed E-state index contributed by atoms with van der Waals surface area (Å²) >= 11 is 0. The molecule has 0 bridgehead atoms. The van der Waals surface area contributed by atoms with Crippen molar-refractivity contribution in [2.75, 3.05) is 0 Å². The van der Waals surface area contributed by atoms with Crippen LogP contribution in [-0.2, 0) is 6.42 Å². The van der Waals surface area contributed by atoms with E-state index >= 15 is 0 Å². The van der Waals surface area contributed by atoms with E-state index in [0.29, 0.717) is 6.04 Å². The lowest BCUT2D eigenvalue weighted by Gasteiger charge is -2.09. The maximum absolute atomic E-state index is 6.04.